The zero-order valence-corrected chi connectivity index (χ0v) is 14.2. The van der Waals surface area contributed by atoms with Gasteiger partial charge in [-0.05, 0) is 45.2 Å². The van der Waals surface area contributed by atoms with Gasteiger partial charge < -0.3 is 4.90 Å². The van der Waals surface area contributed by atoms with Crippen LogP contribution in [0.4, 0.5) is 0 Å². The number of likely N-dealkylation sites (tertiary alicyclic amines) is 1. The minimum Gasteiger partial charge on any atom is -0.338 e. The van der Waals surface area contributed by atoms with E-state index < -0.39 is 5.69 Å². The molecule has 1 atom stereocenters. The quantitative estimate of drug-likeness (QED) is 0.859. The number of amides is 1. The van der Waals surface area contributed by atoms with Gasteiger partial charge in [0.25, 0.3) is 5.56 Å². The summed E-state index contributed by atoms with van der Waals surface area (Å²) in [7, 11) is 0. The first kappa shape index (κ1) is 16.5. The number of rotatable bonds is 3. The molecule has 0 saturated carbocycles. The van der Waals surface area contributed by atoms with Gasteiger partial charge in [0, 0.05) is 19.1 Å². The lowest BCUT2D eigenvalue weighted by atomic mass is 10.0. The fourth-order valence-corrected chi connectivity index (χ4v) is 3.50. The molecule has 0 aliphatic carbocycles. The van der Waals surface area contributed by atoms with Crippen LogP contribution >= 0.6 is 0 Å². The largest absolute Gasteiger partial charge is 0.338 e. The Kier molecular flexibility index (Phi) is 4.55. The topological polar surface area (TPSA) is 64.3 Å². The van der Waals surface area contributed by atoms with E-state index in [-0.39, 0.29) is 30.6 Å². The van der Waals surface area contributed by atoms with Crippen molar-refractivity contribution in [3.05, 3.63) is 45.1 Å². The van der Waals surface area contributed by atoms with Crippen LogP contribution < -0.4 is 11.2 Å². The predicted octanol–water partition coefficient (Wildman–Crippen LogP) is 1.58. The van der Waals surface area contributed by atoms with Crippen LogP contribution in [-0.2, 0) is 17.9 Å². The van der Waals surface area contributed by atoms with E-state index in [4.69, 9.17) is 0 Å². The molecule has 1 aromatic carbocycles. The van der Waals surface area contributed by atoms with Gasteiger partial charge in [-0.25, -0.2) is 4.79 Å². The normalized spacial score (nSPS) is 18.1. The summed E-state index contributed by atoms with van der Waals surface area (Å²) in [5.74, 6) is -0.0595. The molecule has 0 radical (unpaired) electrons. The number of para-hydroxylation sites is 1. The van der Waals surface area contributed by atoms with Crippen LogP contribution in [0.2, 0.25) is 0 Å². The molecule has 1 aliphatic rings. The SMILES string of the molecule is CCn1c(=O)c2ccccc2n(CC(=O)N2CCCC[C@@H]2C)c1=O. The Morgan fingerprint density at radius 1 is 1.17 bits per heavy atom. The van der Waals surface area contributed by atoms with Gasteiger partial charge in [-0.2, -0.15) is 0 Å². The summed E-state index contributed by atoms with van der Waals surface area (Å²) in [6, 6.07) is 7.18. The van der Waals surface area contributed by atoms with Gasteiger partial charge in [0.1, 0.15) is 6.54 Å². The van der Waals surface area contributed by atoms with Gasteiger partial charge >= 0.3 is 5.69 Å². The Morgan fingerprint density at radius 2 is 1.92 bits per heavy atom. The Bertz CT molecular complexity index is 881. The Balaban J connectivity index is 2.07. The summed E-state index contributed by atoms with van der Waals surface area (Å²) in [6.07, 6.45) is 3.13. The smallest absolute Gasteiger partial charge is 0.331 e. The van der Waals surface area contributed by atoms with Crippen molar-refractivity contribution < 1.29 is 4.79 Å². The van der Waals surface area contributed by atoms with E-state index in [0.29, 0.717) is 10.9 Å². The number of aromatic nitrogens is 2. The molecule has 6 heteroatoms. The maximum atomic E-state index is 12.7. The highest BCUT2D eigenvalue weighted by Crippen LogP contribution is 2.17. The summed E-state index contributed by atoms with van der Waals surface area (Å²) in [6.45, 7) is 4.81. The Morgan fingerprint density at radius 3 is 2.62 bits per heavy atom. The Hall–Kier alpha value is -2.37. The molecular weight excluding hydrogens is 306 g/mol. The number of fused-ring (bicyclic) bond motifs is 1. The molecule has 6 nitrogen and oxygen atoms in total. The van der Waals surface area contributed by atoms with Gasteiger partial charge in [0.05, 0.1) is 10.9 Å². The summed E-state index contributed by atoms with van der Waals surface area (Å²) < 4.78 is 2.62. The molecule has 24 heavy (non-hydrogen) atoms. The number of hydrogen-bond donors (Lipinski definition) is 0. The lowest BCUT2D eigenvalue weighted by Crippen LogP contribution is -2.47. The first-order chi connectivity index (χ1) is 11.5. The lowest BCUT2D eigenvalue weighted by molar-refractivity contribution is -0.135. The molecule has 2 heterocycles. The molecule has 0 N–H and O–H groups in total. The number of nitrogens with zero attached hydrogens (tertiary/aromatic N) is 3. The van der Waals surface area contributed by atoms with Crippen molar-refractivity contribution in [2.24, 2.45) is 0 Å². The second-order valence-corrected chi connectivity index (χ2v) is 6.37. The van der Waals surface area contributed by atoms with Crippen molar-refractivity contribution >= 4 is 16.8 Å². The molecule has 1 amide bonds. The predicted molar refractivity (Wildman–Crippen MR) is 93.2 cm³/mol. The van der Waals surface area contributed by atoms with Crippen molar-refractivity contribution in [2.75, 3.05) is 6.54 Å². The highest BCUT2D eigenvalue weighted by molar-refractivity contribution is 5.81. The highest BCUT2D eigenvalue weighted by atomic mass is 16.2. The first-order valence-corrected chi connectivity index (χ1v) is 8.56. The lowest BCUT2D eigenvalue weighted by Gasteiger charge is -2.33. The number of benzene rings is 1. The molecule has 1 aromatic heterocycles. The van der Waals surface area contributed by atoms with Gasteiger partial charge in [-0.15, -0.1) is 0 Å². The standard InChI is InChI=1S/C18H23N3O3/c1-3-19-17(23)14-9-4-5-10-15(14)21(18(19)24)12-16(22)20-11-7-6-8-13(20)2/h4-5,9-10,13H,3,6-8,11-12H2,1-2H3/t13-/m0/s1. The van der Waals surface area contributed by atoms with E-state index in [0.717, 1.165) is 25.8 Å². The van der Waals surface area contributed by atoms with E-state index in [9.17, 15) is 14.4 Å². The molecular formula is C18H23N3O3. The van der Waals surface area contributed by atoms with Crippen LogP contribution in [0.15, 0.2) is 33.9 Å². The van der Waals surface area contributed by atoms with Crippen molar-refractivity contribution in [1.82, 2.24) is 14.0 Å². The number of piperidine rings is 1. The van der Waals surface area contributed by atoms with E-state index >= 15 is 0 Å². The Labute approximate surface area is 140 Å². The summed E-state index contributed by atoms with van der Waals surface area (Å²) in [5.41, 5.74) is -0.192. The minimum atomic E-state index is -0.417. The van der Waals surface area contributed by atoms with E-state index in [2.05, 4.69) is 0 Å². The van der Waals surface area contributed by atoms with Gasteiger partial charge in [0.15, 0.2) is 0 Å². The van der Waals surface area contributed by atoms with E-state index in [1.54, 1.807) is 31.2 Å². The van der Waals surface area contributed by atoms with Gasteiger partial charge in [-0.1, -0.05) is 12.1 Å². The summed E-state index contributed by atoms with van der Waals surface area (Å²) in [4.78, 5) is 39.7. The third kappa shape index (κ3) is 2.77. The molecule has 0 spiro atoms. The number of hydrogen-bond acceptors (Lipinski definition) is 3. The van der Waals surface area contributed by atoms with Crippen LogP contribution in [0.5, 0.6) is 0 Å². The van der Waals surface area contributed by atoms with Crippen LogP contribution in [0.25, 0.3) is 10.9 Å². The van der Waals surface area contributed by atoms with Crippen LogP contribution in [0, 0.1) is 0 Å². The van der Waals surface area contributed by atoms with E-state index in [1.807, 2.05) is 11.8 Å². The molecule has 128 valence electrons. The molecule has 3 rings (SSSR count). The fraction of sp³-hybridized carbons (Fsp3) is 0.500. The third-order valence-electron chi connectivity index (χ3n) is 4.87. The van der Waals surface area contributed by atoms with Crippen LogP contribution in [0.3, 0.4) is 0 Å². The molecule has 0 unspecified atom stereocenters. The highest BCUT2D eigenvalue weighted by Gasteiger charge is 2.24. The maximum Gasteiger partial charge on any atom is 0.331 e. The number of carbonyl (C=O) groups excluding carboxylic acids is 1. The van der Waals surface area contributed by atoms with E-state index in [1.165, 1.54) is 9.13 Å². The molecule has 1 saturated heterocycles. The van der Waals surface area contributed by atoms with Crippen molar-refractivity contribution in [3.8, 4) is 0 Å². The summed E-state index contributed by atoms with van der Waals surface area (Å²) >= 11 is 0. The van der Waals surface area contributed by atoms with Gasteiger partial charge in [0.2, 0.25) is 5.91 Å². The first-order valence-electron chi connectivity index (χ1n) is 8.56. The summed E-state index contributed by atoms with van der Waals surface area (Å²) in [5, 5.41) is 0.471. The average molecular weight is 329 g/mol. The van der Waals surface area contributed by atoms with Crippen molar-refractivity contribution in [3.63, 3.8) is 0 Å². The van der Waals surface area contributed by atoms with Gasteiger partial charge in [-0.3, -0.25) is 18.7 Å². The fourth-order valence-electron chi connectivity index (χ4n) is 3.50. The zero-order valence-electron chi connectivity index (χ0n) is 14.2. The molecule has 1 fully saturated rings. The number of carbonyl (C=O) groups is 1. The third-order valence-corrected chi connectivity index (χ3v) is 4.87. The van der Waals surface area contributed by atoms with Crippen molar-refractivity contribution in [2.45, 2.75) is 52.2 Å². The monoisotopic (exact) mass is 329 g/mol. The molecule has 0 bridgehead atoms. The minimum absolute atomic E-state index is 0.0238. The average Bonchev–Trinajstić information content (AvgIpc) is 2.59. The zero-order chi connectivity index (χ0) is 17.3. The van der Waals surface area contributed by atoms with Crippen LogP contribution in [-0.4, -0.2) is 32.5 Å². The maximum absolute atomic E-state index is 12.7. The second kappa shape index (κ2) is 6.63. The van der Waals surface area contributed by atoms with Crippen LogP contribution in [0.1, 0.15) is 33.1 Å². The second-order valence-electron chi connectivity index (χ2n) is 6.37. The molecule has 2 aromatic rings. The molecule has 1 aliphatic heterocycles. The van der Waals surface area contributed by atoms with Crippen molar-refractivity contribution in [1.29, 1.82) is 0 Å².